The normalized spacial score (nSPS) is 15.9. The molecule has 0 aliphatic rings. The molecule has 0 aliphatic carbocycles. The van der Waals surface area contributed by atoms with E-state index in [2.05, 4.69) is 4.74 Å². The van der Waals surface area contributed by atoms with Crippen molar-refractivity contribution in [1.82, 2.24) is 0 Å². The summed E-state index contributed by atoms with van der Waals surface area (Å²) in [5, 5.41) is 0. The third-order valence-corrected chi connectivity index (χ3v) is 2.83. The summed E-state index contributed by atoms with van der Waals surface area (Å²) >= 11 is 19.7. The zero-order valence-corrected chi connectivity index (χ0v) is 13.1. The van der Waals surface area contributed by atoms with E-state index in [1.807, 2.05) is 0 Å². The maximum atomic E-state index is 12.7. The first kappa shape index (κ1) is 23.4. The Bertz CT molecular complexity index is 378. The van der Waals surface area contributed by atoms with Gasteiger partial charge in [-0.1, -0.05) is 46.4 Å². The Balaban J connectivity index is 5.16. The molecule has 0 unspecified atom stereocenters. The Morgan fingerprint density at radius 3 is 0.913 bits per heavy atom. The molecule has 0 saturated heterocycles. The molecule has 0 amide bonds. The fourth-order valence-electron chi connectivity index (χ4n) is 1.01. The first-order chi connectivity index (χ1) is 9.62. The van der Waals surface area contributed by atoms with Gasteiger partial charge >= 0.3 is 24.2 Å². The SMILES string of the molecule is FC(F)(F)C(F)(F)CC(Cl)(Cl)OC(Cl)(Cl)CC(F)(F)C(F)(F)F. The Morgan fingerprint density at radius 1 is 0.522 bits per heavy atom. The predicted molar refractivity (Wildman–Crippen MR) is 61.2 cm³/mol. The largest absolute Gasteiger partial charge is 0.453 e. The van der Waals surface area contributed by atoms with Gasteiger partial charge in [-0.05, 0) is 0 Å². The molecular weight excluding hydrogens is 444 g/mol. The van der Waals surface area contributed by atoms with Crippen LogP contribution in [0.5, 0.6) is 0 Å². The molecule has 0 atom stereocenters. The van der Waals surface area contributed by atoms with E-state index in [4.69, 9.17) is 46.4 Å². The van der Waals surface area contributed by atoms with Crippen LogP contribution in [0.25, 0.3) is 0 Å². The molecule has 0 spiro atoms. The first-order valence-electron chi connectivity index (χ1n) is 4.97. The lowest BCUT2D eigenvalue weighted by Gasteiger charge is -2.33. The minimum absolute atomic E-state index is 2.56. The van der Waals surface area contributed by atoms with E-state index >= 15 is 0 Å². The maximum Gasteiger partial charge on any atom is 0.453 e. The van der Waals surface area contributed by atoms with Gasteiger partial charge in [0, 0.05) is 0 Å². The van der Waals surface area contributed by atoms with Gasteiger partial charge in [-0.3, -0.25) is 0 Å². The molecular formula is C8H4Cl4F10O. The van der Waals surface area contributed by atoms with Crippen LogP contribution in [0.2, 0.25) is 0 Å². The van der Waals surface area contributed by atoms with E-state index in [1.165, 1.54) is 0 Å². The van der Waals surface area contributed by atoms with E-state index in [0.717, 1.165) is 0 Å². The number of rotatable bonds is 6. The highest BCUT2D eigenvalue weighted by atomic mass is 35.5. The van der Waals surface area contributed by atoms with Crippen LogP contribution in [0.4, 0.5) is 43.9 Å². The van der Waals surface area contributed by atoms with Crippen LogP contribution in [0, 0.1) is 0 Å². The van der Waals surface area contributed by atoms with Crippen LogP contribution in [0.15, 0.2) is 0 Å². The Labute approximate surface area is 141 Å². The van der Waals surface area contributed by atoms with Crippen molar-refractivity contribution in [3.63, 3.8) is 0 Å². The van der Waals surface area contributed by atoms with Crippen molar-refractivity contribution in [2.75, 3.05) is 0 Å². The highest BCUT2D eigenvalue weighted by Crippen LogP contribution is 2.50. The predicted octanol–water partition coefficient (Wildman–Crippen LogP) is 6.44. The molecule has 140 valence electrons. The summed E-state index contributed by atoms with van der Waals surface area (Å²) in [4.78, 5) is 0. The first-order valence-corrected chi connectivity index (χ1v) is 6.48. The van der Waals surface area contributed by atoms with Gasteiger partial charge in [0.1, 0.15) is 0 Å². The van der Waals surface area contributed by atoms with Crippen LogP contribution in [-0.2, 0) is 4.74 Å². The van der Waals surface area contributed by atoms with Crippen LogP contribution in [0.1, 0.15) is 12.8 Å². The molecule has 23 heavy (non-hydrogen) atoms. The molecule has 1 nitrogen and oxygen atoms in total. The van der Waals surface area contributed by atoms with Crippen LogP contribution in [-0.4, -0.2) is 33.2 Å². The monoisotopic (exact) mass is 446 g/mol. The zero-order valence-electron chi connectivity index (χ0n) is 10.1. The molecule has 0 radical (unpaired) electrons. The summed E-state index contributed by atoms with van der Waals surface area (Å²) < 4.78 is 119. The second-order valence-electron chi connectivity index (χ2n) is 4.13. The number of ether oxygens (including phenoxy) is 1. The maximum absolute atomic E-state index is 12.7. The van der Waals surface area contributed by atoms with Crippen LogP contribution in [0.3, 0.4) is 0 Å². The molecule has 0 aromatic carbocycles. The van der Waals surface area contributed by atoms with Crippen LogP contribution < -0.4 is 0 Å². The van der Waals surface area contributed by atoms with Crippen molar-refractivity contribution in [2.24, 2.45) is 0 Å². The number of hydrogen-bond acceptors (Lipinski definition) is 1. The van der Waals surface area contributed by atoms with E-state index in [-0.39, 0.29) is 0 Å². The molecule has 0 heterocycles. The van der Waals surface area contributed by atoms with Crippen molar-refractivity contribution in [3.8, 4) is 0 Å². The second kappa shape index (κ2) is 6.62. The lowest BCUT2D eigenvalue weighted by atomic mass is 10.2. The van der Waals surface area contributed by atoms with E-state index in [0.29, 0.717) is 0 Å². The molecule has 0 aromatic heterocycles. The molecule has 0 fully saturated rings. The quantitative estimate of drug-likeness (QED) is 0.336. The summed E-state index contributed by atoms with van der Waals surface area (Å²) in [6.07, 6.45) is -17.4. The molecule has 0 aliphatic heterocycles. The summed E-state index contributed by atoms with van der Waals surface area (Å²) in [6.45, 7) is 0. The third kappa shape index (κ3) is 7.05. The van der Waals surface area contributed by atoms with Crippen molar-refractivity contribution in [1.29, 1.82) is 0 Å². The molecule has 0 N–H and O–H groups in total. The minimum Gasteiger partial charge on any atom is -0.310 e. The Hall–Kier alpha value is 0.420. The summed E-state index contributed by atoms with van der Waals surface area (Å²) in [5.41, 5.74) is 0. The van der Waals surface area contributed by atoms with Gasteiger partial charge in [0.25, 0.3) is 0 Å². The highest BCUT2D eigenvalue weighted by molar-refractivity contribution is 6.50. The van der Waals surface area contributed by atoms with Crippen molar-refractivity contribution < 1.29 is 48.6 Å². The summed E-state index contributed by atoms with van der Waals surface area (Å²) in [7, 11) is 0. The van der Waals surface area contributed by atoms with Crippen LogP contribution >= 0.6 is 46.4 Å². The average molecular weight is 448 g/mol. The van der Waals surface area contributed by atoms with Gasteiger partial charge in [0.15, 0.2) is 0 Å². The van der Waals surface area contributed by atoms with Gasteiger partial charge in [0.05, 0.1) is 12.8 Å². The number of halogens is 14. The van der Waals surface area contributed by atoms with E-state index < -0.39 is 46.1 Å². The Kier molecular flexibility index (Phi) is 6.74. The third-order valence-electron chi connectivity index (χ3n) is 1.98. The van der Waals surface area contributed by atoms with Gasteiger partial charge < -0.3 is 4.74 Å². The average Bonchev–Trinajstić information content (AvgIpc) is 2.05. The van der Waals surface area contributed by atoms with E-state index in [9.17, 15) is 43.9 Å². The molecule has 0 bridgehead atoms. The zero-order chi connectivity index (χ0) is 19.1. The highest BCUT2D eigenvalue weighted by Gasteiger charge is 2.64. The molecule has 0 aromatic rings. The van der Waals surface area contributed by atoms with Gasteiger partial charge in [-0.25, -0.2) is 0 Å². The van der Waals surface area contributed by atoms with Gasteiger partial charge in [-0.15, -0.1) is 0 Å². The minimum atomic E-state index is -6.15. The Morgan fingerprint density at radius 2 is 0.739 bits per heavy atom. The second-order valence-corrected chi connectivity index (χ2v) is 6.96. The summed E-state index contributed by atoms with van der Waals surface area (Å²) in [6, 6.07) is 0. The summed E-state index contributed by atoms with van der Waals surface area (Å²) in [5.74, 6) is -11.1. The van der Waals surface area contributed by atoms with Crippen molar-refractivity contribution in [2.45, 2.75) is 46.1 Å². The lowest BCUT2D eigenvalue weighted by Crippen LogP contribution is -2.46. The fraction of sp³-hybridized carbons (Fsp3) is 1.00. The lowest BCUT2D eigenvalue weighted by molar-refractivity contribution is -0.298. The van der Waals surface area contributed by atoms with E-state index in [1.54, 1.807) is 0 Å². The van der Waals surface area contributed by atoms with Crippen molar-refractivity contribution in [3.05, 3.63) is 0 Å². The topological polar surface area (TPSA) is 9.23 Å². The molecule has 0 saturated carbocycles. The van der Waals surface area contributed by atoms with Gasteiger partial charge in [0.2, 0.25) is 9.04 Å². The standard InChI is InChI=1S/C8H4Cl4F10O/c9-5(10,1-3(13,14)7(17,18)19)23-6(11,12)2-4(15,16)8(20,21)22/h1-2H2. The molecule has 15 heteroatoms. The van der Waals surface area contributed by atoms with Gasteiger partial charge in [-0.2, -0.15) is 43.9 Å². The van der Waals surface area contributed by atoms with Crippen molar-refractivity contribution >= 4 is 46.4 Å². The molecule has 0 rings (SSSR count). The number of hydrogen-bond donors (Lipinski definition) is 0. The fourth-order valence-corrected chi connectivity index (χ4v) is 2.36. The number of alkyl halides is 14. The smallest absolute Gasteiger partial charge is 0.310 e.